The molecule has 1 aliphatic rings. The minimum Gasteiger partial charge on any atom is -0.396 e. The Labute approximate surface area is 118 Å². The van der Waals surface area contributed by atoms with Crippen molar-refractivity contribution in [2.75, 3.05) is 6.61 Å². The molecule has 0 unspecified atom stereocenters. The number of aryl methyl sites for hydroxylation is 1. The van der Waals surface area contributed by atoms with Gasteiger partial charge in [0.25, 0.3) is 5.91 Å². The Morgan fingerprint density at radius 2 is 2.16 bits per heavy atom. The number of pyridine rings is 1. The number of aromatic nitrogens is 1. The smallest absolute Gasteiger partial charge is 0.253 e. The number of aliphatic hydroxyl groups is 1. The molecule has 5 heteroatoms. The van der Waals surface area contributed by atoms with Gasteiger partial charge in [0.05, 0.1) is 16.3 Å². The first-order chi connectivity index (χ1) is 9.10. The second kappa shape index (κ2) is 6.35. The summed E-state index contributed by atoms with van der Waals surface area (Å²) < 4.78 is 0. The largest absolute Gasteiger partial charge is 0.396 e. The van der Waals surface area contributed by atoms with E-state index in [1.165, 1.54) is 0 Å². The molecule has 104 valence electrons. The van der Waals surface area contributed by atoms with Crippen LogP contribution in [0.4, 0.5) is 0 Å². The van der Waals surface area contributed by atoms with Crippen molar-refractivity contribution in [1.29, 1.82) is 0 Å². The van der Waals surface area contributed by atoms with Crippen molar-refractivity contribution in [3.05, 3.63) is 28.5 Å². The quantitative estimate of drug-likeness (QED) is 0.894. The fourth-order valence-corrected chi connectivity index (χ4v) is 2.65. The van der Waals surface area contributed by atoms with Gasteiger partial charge in [-0.15, -0.1) is 0 Å². The molecule has 1 aromatic heterocycles. The monoisotopic (exact) mass is 282 g/mol. The van der Waals surface area contributed by atoms with Crippen LogP contribution in [0.5, 0.6) is 0 Å². The van der Waals surface area contributed by atoms with Crippen LogP contribution in [-0.4, -0.2) is 28.6 Å². The van der Waals surface area contributed by atoms with Crippen LogP contribution < -0.4 is 5.32 Å². The number of halogens is 1. The number of hydrogen-bond acceptors (Lipinski definition) is 3. The summed E-state index contributed by atoms with van der Waals surface area (Å²) >= 11 is 5.87. The van der Waals surface area contributed by atoms with Crippen molar-refractivity contribution in [3.63, 3.8) is 0 Å². The number of carbonyl (C=O) groups is 1. The molecule has 0 atom stereocenters. The number of rotatable bonds is 3. The number of amides is 1. The molecule has 0 spiro atoms. The molecule has 1 fully saturated rings. The van der Waals surface area contributed by atoms with Gasteiger partial charge in [-0.2, -0.15) is 0 Å². The Hall–Kier alpha value is -1.13. The fraction of sp³-hybridized carbons (Fsp3) is 0.571. The van der Waals surface area contributed by atoms with Crippen LogP contribution in [0.25, 0.3) is 0 Å². The molecule has 0 aliphatic heterocycles. The van der Waals surface area contributed by atoms with E-state index >= 15 is 0 Å². The topological polar surface area (TPSA) is 62.2 Å². The summed E-state index contributed by atoms with van der Waals surface area (Å²) in [6.07, 6.45) is 5.32. The first-order valence-corrected chi connectivity index (χ1v) is 7.02. The van der Waals surface area contributed by atoms with E-state index in [9.17, 15) is 4.79 Å². The third-order valence-electron chi connectivity index (χ3n) is 3.74. The summed E-state index contributed by atoms with van der Waals surface area (Å²) in [5.74, 6) is 0.280. The highest BCUT2D eigenvalue weighted by Gasteiger charge is 2.22. The lowest BCUT2D eigenvalue weighted by molar-refractivity contribution is 0.0913. The lowest BCUT2D eigenvalue weighted by Gasteiger charge is -2.28. The SMILES string of the molecule is Cc1ncc(Cl)cc1C(=O)NC1CCC(CO)CC1. The molecule has 1 amide bonds. The number of nitrogens with zero attached hydrogens (tertiary/aromatic N) is 1. The van der Waals surface area contributed by atoms with E-state index in [0.717, 1.165) is 25.7 Å². The van der Waals surface area contributed by atoms with Gasteiger partial charge in [0.1, 0.15) is 0 Å². The van der Waals surface area contributed by atoms with E-state index in [4.69, 9.17) is 16.7 Å². The molecule has 2 rings (SSSR count). The third kappa shape index (κ3) is 3.67. The second-order valence-corrected chi connectivity index (χ2v) is 5.60. The molecule has 2 N–H and O–H groups in total. The van der Waals surface area contributed by atoms with Crippen LogP contribution in [0.1, 0.15) is 41.7 Å². The lowest BCUT2D eigenvalue weighted by atomic mass is 9.86. The second-order valence-electron chi connectivity index (χ2n) is 5.16. The van der Waals surface area contributed by atoms with Crippen LogP contribution in [-0.2, 0) is 0 Å². The van der Waals surface area contributed by atoms with Crippen molar-refractivity contribution in [2.24, 2.45) is 5.92 Å². The summed E-state index contributed by atoms with van der Waals surface area (Å²) in [6.45, 7) is 2.05. The Morgan fingerprint density at radius 3 is 2.79 bits per heavy atom. The maximum absolute atomic E-state index is 12.2. The Morgan fingerprint density at radius 1 is 1.47 bits per heavy atom. The standard InChI is InChI=1S/C14H19ClN2O2/c1-9-13(6-11(15)7-16-9)14(19)17-12-4-2-10(8-18)3-5-12/h6-7,10,12,18H,2-5,8H2,1H3,(H,17,19). The zero-order valence-corrected chi connectivity index (χ0v) is 11.8. The van der Waals surface area contributed by atoms with E-state index < -0.39 is 0 Å². The minimum atomic E-state index is -0.111. The summed E-state index contributed by atoms with van der Waals surface area (Å²) in [7, 11) is 0. The molecule has 4 nitrogen and oxygen atoms in total. The fourth-order valence-electron chi connectivity index (χ4n) is 2.49. The maximum Gasteiger partial charge on any atom is 0.253 e. The molecule has 19 heavy (non-hydrogen) atoms. The first-order valence-electron chi connectivity index (χ1n) is 6.64. The summed E-state index contributed by atoms with van der Waals surface area (Å²) in [4.78, 5) is 16.3. The van der Waals surface area contributed by atoms with Gasteiger partial charge in [0.15, 0.2) is 0 Å². The van der Waals surface area contributed by atoms with Crippen molar-refractivity contribution < 1.29 is 9.90 Å². The predicted molar refractivity (Wildman–Crippen MR) is 74.3 cm³/mol. The van der Waals surface area contributed by atoms with E-state index in [-0.39, 0.29) is 18.6 Å². The highest BCUT2D eigenvalue weighted by molar-refractivity contribution is 6.30. The highest BCUT2D eigenvalue weighted by Crippen LogP contribution is 2.24. The van der Waals surface area contributed by atoms with Gasteiger partial charge in [-0.05, 0) is 44.6 Å². The van der Waals surface area contributed by atoms with Gasteiger partial charge < -0.3 is 10.4 Å². The van der Waals surface area contributed by atoms with Crippen molar-refractivity contribution >= 4 is 17.5 Å². The van der Waals surface area contributed by atoms with Crippen molar-refractivity contribution in [3.8, 4) is 0 Å². The molecule has 0 radical (unpaired) electrons. The van der Waals surface area contributed by atoms with Crippen molar-refractivity contribution in [2.45, 2.75) is 38.6 Å². The van der Waals surface area contributed by atoms with Gasteiger partial charge in [0.2, 0.25) is 0 Å². The van der Waals surface area contributed by atoms with Gasteiger partial charge in [-0.1, -0.05) is 11.6 Å². The molecule has 1 aliphatic carbocycles. The van der Waals surface area contributed by atoms with Gasteiger partial charge in [-0.3, -0.25) is 9.78 Å². The maximum atomic E-state index is 12.2. The summed E-state index contributed by atoms with van der Waals surface area (Å²) in [6, 6.07) is 1.84. The predicted octanol–water partition coefficient (Wildman–Crippen LogP) is 2.32. The van der Waals surface area contributed by atoms with E-state index in [1.54, 1.807) is 19.2 Å². The van der Waals surface area contributed by atoms with Crippen LogP contribution >= 0.6 is 11.6 Å². The molecule has 0 aromatic carbocycles. The number of hydrogen-bond donors (Lipinski definition) is 2. The van der Waals surface area contributed by atoms with E-state index in [2.05, 4.69) is 10.3 Å². The Kier molecular flexibility index (Phi) is 4.77. The average molecular weight is 283 g/mol. The van der Waals surface area contributed by atoms with Crippen LogP contribution in [0.15, 0.2) is 12.3 Å². The van der Waals surface area contributed by atoms with E-state index in [0.29, 0.717) is 22.2 Å². The Balaban J connectivity index is 1.96. The van der Waals surface area contributed by atoms with E-state index in [1.807, 2.05) is 0 Å². The third-order valence-corrected chi connectivity index (χ3v) is 3.95. The summed E-state index contributed by atoms with van der Waals surface area (Å²) in [5, 5.41) is 12.6. The lowest BCUT2D eigenvalue weighted by Crippen LogP contribution is -2.38. The number of aliphatic hydroxyl groups excluding tert-OH is 1. The Bertz CT molecular complexity index is 457. The normalized spacial score (nSPS) is 23.1. The zero-order valence-electron chi connectivity index (χ0n) is 11.0. The van der Waals surface area contributed by atoms with Gasteiger partial charge in [-0.25, -0.2) is 0 Å². The first kappa shape index (κ1) is 14.3. The molecular formula is C14H19ClN2O2. The van der Waals surface area contributed by atoms with Gasteiger partial charge in [0, 0.05) is 18.8 Å². The van der Waals surface area contributed by atoms with Crippen LogP contribution in [0.3, 0.4) is 0 Å². The highest BCUT2D eigenvalue weighted by atomic mass is 35.5. The average Bonchev–Trinajstić information content (AvgIpc) is 2.42. The minimum absolute atomic E-state index is 0.111. The summed E-state index contributed by atoms with van der Waals surface area (Å²) in [5.41, 5.74) is 1.22. The van der Waals surface area contributed by atoms with Gasteiger partial charge >= 0.3 is 0 Å². The molecule has 0 saturated heterocycles. The molecule has 1 heterocycles. The van der Waals surface area contributed by atoms with Crippen LogP contribution in [0, 0.1) is 12.8 Å². The molecule has 1 aromatic rings. The molecule has 1 saturated carbocycles. The van der Waals surface area contributed by atoms with Crippen molar-refractivity contribution in [1.82, 2.24) is 10.3 Å². The number of nitrogens with one attached hydrogen (secondary N) is 1. The molecular weight excluding hydrogens is 264 g/mol. The van der Waals surface area contributed by atoms with Crippen LogP contribution in [0.2, 0.25) is 5.02 Å². The zero-order chi connectivity index (χ0) is 13.8. The number of carbonyl (C=O) groups excluding carboxylic acids is 1. The molecule has 0 bridgehead atoms.